The van der Waals surface area contributed by atoms with E-state index in [9.17, 15) is 9.90 Å². The molecule has 120 valence electrons. The number of hydrogen-bond donors (Lipinski definition) is 1. The van der Waals surface area contributed by atoms with E-state index in [-0.39, 0.29) is 5.67 Å². The second kappa shape index (κ2) is 12.2. The van der Waals surface area contributed by atoms with Gasteiger partial charge in [0.05, 0.1) is 5.67 Å². The summed E-state index contributed by atoms with van der Waals surface area (Å²) in [6.07, 6.45) is 4.53. The molecule has 0 aliphatic rings. The van der Waals surface area contributed by atoms with Gasteiger partial charge in [0.1, 0.15) is 0 Å². The highest BCUT2D eigenvalue weighted by Gasteiger charge is 2.33. The van der Waals surface area contributed by atoms with Crippen LogP contribution in [-0.2, 0) is 8.85 Å². The van der Waals surface area contributed by atoms with Crippen molar-refractivity contribution in [1.82, 2.24) is 4.90 Å². The third-order valence-electron chi connectivity index (χ3n) is 3.32. The number of unbranched alkanes of at least 4 members (excludes halogenated alkanes) is 3. The van der Waals surface area contributed by atoms with Crippen molar-refractivity contribution in [3.05, 3.63) is 0 Å². The van der Waals surface area contributed by atoms with E-state index in [1.54, 1.807) is 0 Å². The maximum Gasteiger partial charge on any atom is 0.407 e. The first-order chi connectivity index (χ1) is 9.62. The molecule has 6 heteroatoms. The van der Waals surface area contributed by atoms with Crippen molar-refractivity contribution in [3.8, 4) is 0 Å². The first-order valence-electron chi connectivity index (χ1n) is 7.84. The zero-order valence-electron chi connectivity index (χ0n) is 13.4. The predicted octanol–water partition coefficient (Wildman–Crippen LogP) is 3.16. The Morgan fingerprint density at radius 2 is 1.70 bits per heavy atom. The monoisotopic (exact) mass is 305 g/mol. The van der Waals surface area contributed by atoms with Crippen molar-refractivity contribution in [2.45, 2.75) is 65.5 Å². The highest BCUT2D eigenvalue weighted by Crippen LogP contribution is 2.16. The van der Waals surface area contributed by atoms with Crippen molar-refractivity contribution in [2.24, 2.45) is 0 Å². The molecular weight excluding hydrogens is 274 g/mol. The number of carbonyl (C=O) groups is 1. The van der Waals surface area contributed by atoms with Crippen LogP contribution in [0.15, 0.2) is 0 Å². The molecule has 0 saturated carbocycles. The molecule has 0 aliphatic heterocycles. The SMILES string of the molecule is CCCCCCC(N(CC)C(=O)O)[SiH](OCC)OCC. The van der Waals surface area contributed by atoms with Crippen LogP contribution in [-0.4, -0.2) is 50.8 Å². The van der Waals surface area contributed by atoms with Gasteiger partial charge in [-0.25, -0.2) is 4.79 Å². The minimum atomic E-state index is -1.99. The summed E-state index contributed by atoms with van der Waals surface area (Å²) < 4.78 is 11.5. The van der Waals surface area contributed by atoms with Crippen LogP contribution >= 0.6 is 0 Å². The van der Waals surface area contributed by atoms with Crippen molar-refractivity contribution in [2.75, 3.05) is 19.8 Å². The molecule has 1 unspecified atom stereocenters. The summed E-state index contributed by atoms with van der Waals surface area (Å²) in [4.78, 5) is 12.9. The van der Waals surface area contributed by atoms with E-state index in [1.165, 1.54) is 17.7 Å². The molecule has 0 heterocycles. The third-order valence-corrected chi connectivity index (χ3v) is 5.96. The van der Waals surface area contributed by atoms with E-state index in [0.717, 1.165) is 19.3 Å². The lowest BCUT2D eigenvalue weighted by Crippen LogP contribution is -2.51. The fourth-order valence-electron chi connectivity index (χ4n) is 2.33. The van der Waals surface area contributed by atoms with Crippen LogP contribution in [0.3, 0.4) is 0 Å². The fourth-order valence-corrected chi connectivity index (χ4v) is 4.67. The number of hydrogen-bond acceptors (Lipinski definition) is 3. The maximum atomic E-state index is 11.4. The second-order valence-corrected chi connectivity index (χ2v) is 6.94. The van der Waals surface area contributed by atoms with Gasteiger partial charge in [-0.05, 0) is 27.2 Å². The predicted molar refractivity (Wildman–Crippen MR) is 83.4 cm³/mol. The Morgan fingerprint density at radius 3 is 2.10 bits per heavy atom. The Hall–Kier alpha value is -0.593. The lowest BCUT2D eigenvalue weighted by Gasteiger charge is -2.32. The lowest BCUT2D eigenvalue weighted by atomic mass is 10.1. The van der Waals surface area contributed by atoms with Gasteiger partial charge in [-0.3, -0.25) is 0 Å². The zero-order chi connectivity index (χ0) is 15.4. The summed E-state index contributed by atoms with van der Waals surface area (Å²) >= 11 is 0. The van der Waals surface area contributed by atoms with E-state index in [2.05, 4.69) is 6.92 Å². The van der Waals surface area contributed by atoms with Crippen molar-refractivity contribution in [1.29, 1.82) is 0 Å². The van der Waals surface area contributed by atoms with Gasteiger partial charge in [-0.15, -0.1) is 0 Å². The number of rotatable bonds is 12. The standard InChI is InChI=1S/C14H31NO4Si/c1-5-9-10-11-12-13(15(6-2)14(16)17)20(18-7-3)19-8-4/h13,20H,5-12H2,1-4H3,(H,16,17). The lowest BCUT2D eigenvalue weighted by molar-refractivity contribution is 0.117. The van der Waals surface area contributed by atoms with Gasteiger partial charge < -0.3 is 18.9 Å². The summed E-state index contributed by atoms with van der Waals surface area (Å²) in [5, 5.41) is 9.37. The quantitative estimate of drug-likeness (QED) is 0.444. The Labute approximate surface area is 125 Å². The van der Waals surface area contributed by atoms with Crippen molar-refractivity contribution in [3.63, 3.8) is 0 Å². The van der Waals surface area contributed by atoms with Gasteiger partial charge in [0.2, 0.25) is 0 Å². The summed E-state index contributed by atoms with van der Waals surface area (Å²) in [5.41, 5.74) is -0.0887. The molecule has 1 N–H and O–H groups in total. The first kappa shape index (κ1) is 19.4. The second-order valence-electron chi connectivity index (χ2n) is 4.76. The van der Waals surface area contributed by atoms with Crippen LogP contribution < -0.4 is 0 Å². The number of amides is 1. The third kappa shape index (κ3) is 7.26. The Morgan fingerprint density at radius 1 is 1.10 bits per heavy atom. The van der Waals surface area contributed by atoms with E-state index < -0.39 is 15.4 Å². The van der Waals surface area contributed by atoms with E-state index >= 15 is 0 Å². The molecule has 0 bridgehead atoms. The largest absolute Gasteiger partial charge is 0.465 e. The van der Waals surface area contributed by atoms with Gasteiger partial charge in [-0.1, -0.05) is 32.6 Å². The summed E-state index contributed by atoms with van der Waals surface area (Å²) in [6.45, 7) is 9.56. The van der Waals surface area contributed by atoms with E-state index in [0.29, 0.717) is 19.8 Å². The molecule has 0 saturated heterocycles. The average molecular weight is 305 g/mol. The topological polar surface area (TPSA) is 59.0 Å². The van der Waals surface area contributed by atoms with Gasteiger partial charge in [0, 0.05) is 19.8 Å². The molecule has 0 aliphatic carbocycles. The van der Waals surface area contributed by atoms with Crippen LogP contribution in [0.2, 0.25) is 0 Å². The smallest absolute Gasteiger partial charge is 0.407 e. The molecule has 0 spiro atoms. The molecule has 0 fully saturated rings. The summed E-state index contributed by atoms with van der Waals surface area (Å²) in [7, 11) is -1.99. The maximum absolute atomic E-state index is 11.4. The first-order valence-corrected chi connectivity index (χ1v) is 9.45. The Kier molecular flexibility index (Phi) is 11.8. The van der Waals surface area contributed by atoms with Crippen molar-refractivity contribution >= 4 is 15.4 Å². The summed E-state index contributed by atoms with van der Waals surface area (Å²) in [5.74, 6) is 0. The normalized spacial score (nSPS) is 12.7. The number of nitrogens with zero attached hydrogens (tertiary/aromatic N) is 1. The average Bonchev–Trinajstić information content (AvgIpc) is 2.41. The Balaban J connectivity index is 4.75. The van der Waals surface area contributed by atoms with Crippen LogP contribution in [0, 0.1) is 0 Å². The molecule has 0 radical (unpaired) electrons. The molecule has 0 aromatic carbocycles. The molecule has 0 aromatic rings. The van der Waals surface area contributed by atoms with Crippen molar-refractivity contribution < 1.29 is 18.8 Å². The minimum Gasteiger partial charge on any atom is -0.465 e. The molecular formula is C14H31NO4Si. The van der Waals surface area contributed by atoms with Crippen LogP contribution in [0.5, 0.6) is 0 Å². The molecule has 0 rings (SSSR count). The molecule has 0 aromatic heterocycles. The molecule has 20 heavy (non-hydrogen) atoms. The fraction of sp³-hybridized carbons (Fsp3) is 0.929. The zero-order valence-corrected chi connectivity index (χ0v) is 14.6. The Bertz CT molecular complexity index is 247. The van der Waals surface area contributed by atoms with E-state index in [4.69, 9.17) is 8.85 Å². The van der Waals surface area contributed by atoms with Gasteiger partial charge in [0.15, 0.2) is 0 Å². The minimum absolute atomic E-state index is 0.0887. The summed E-state index contributed by atoms with van der Waals surface area (Å²) in [6, 6.07) is 0. The van der Waals surface area contributed by atoms with E-state index in [1.807, 2.05) is 20.8 Å². The van der Waals surface area contributed by atoms with Crippen LogP contribution in [0.1, 0.15) is 59.8 Å². The molecule has 1 amide bonds. The highest BCUT2D eigenvalue weighted by molar-refractivity contribution is 6.46. The van der Waals surface area contributed by atoms with Crippen LogP contribution in [0.25, 0.3) is 0 Å². The van der Waals surface area contributed by atoms with Gasteiger partial charge >= 0.3 is 15.4 Å². The highest BCUT2D eigenvalue weighted by atomic mass is 28.3. The van der Waals surface area contributed by atoms with Gasteiger partial charge in [0.25, 0.3) is 0 Å². The van der Waals surface area contributed by atoms with Gasteiger partial charge in [-0.2, -0.15) is 0 Å². The molecule has 5 nitrogen and oxygen atoms in total. The number of carboxylic acid groups (broad SMARTS) is 1. The van der Waals surface area contributed by atoms with Crippen LogP contribution in [0.4, 0.5) is 4.79 Å². The molecule has 1 atom stereocenters.